The second kappa shape index (κ2) is 5.52. The summed E-state index contributed by atoms with van der Waals surface area (Å²) in [6.07, 6.45) is 0.812. The van der Waals surface area contributed by atoms with Crippen LogP contribution >= 0.6 is 11.6 Å². The van der Waals surface area contributed by atoms with E-state index in [0.29, 0.717) is 0 Å². The maximum Gasteiger partial charge on any atom is 0.219 e. The van der Waals surface area contributed by atoms with Crippen LogP contribution in [0.4, 0.5) is 0 Å². The lowest BCUT2D eigenvalue weighted by Gasteiger charge is -2.35. The third kappa shape index (κ3) is 2.99. The predicted octanol–water partition coefficient (Wildman–Crippen LogP) is 1.70. The van der Waals surface area contributed by atoms with Gasteiger partial charge in [0.05, 0.1) is 0 Å². The molecular formula is C13H17ClN2O. The van der Waals surface area contributed by atoms with Crippen molar-refractivity contribution in [3.05, 3.63) is 34.9 Å². The van der Waals surface area contributed by atoms with Gasteiger partial charge in [0.2, 0.25) is 5.91 Å². The molecule has 1 aromatic rings. The van der Waals surface area contributed by atoms with Crippen LogP contribution in [0.3, 0.4) is 0 Å². The summed E-state index contributed by atoms with van der Waals surface area (Å²) >= 11 is 6.15. The van der Waals surface area contributed by atoms with Crippen molar-refractivity contribution >= 4 is 17.5 Å². The standard InChI is InChI=1S/C13H17ClN2O/c1-10(17)16-7-6-15-9-12(16)8-11-4-2-3-5-13(11)14/h2-5,12,15H,6-9H2,1H3. The van der Waals surface area contributed by atoms with Gasteiger partial charge in [-0.3, -0.25) is 4.79 Å². The Bertz CT molecular complexity index is 408. The second-order valence-corrected chi connectivity index (χ2v) is 4.77. The fraction of sp³-hybridized carbons (Fsp3) is 0.462. The highest BCUT2D eigenvalue weighted by atomic mass is 35.5. The molecule has 0 saturated carbocycles. The Morgan fingerprint density at radius 2 is 2.29 bits per heavy atom. The van der Waals surface area contributed by atoms with E-state index in [9.17, 15) is 4.79 Å². The van der Waals surface area contributed by atoms with Gasteiger partial charge in [-0.05, 0) is 18.1 Å². The van der Waals surface area contributed by atoms with Crippen molar-refractivity contribution in [1.82, 2.24) is 10.2 Å². The summed E-state index contributed by atoms with van der Waals surface area (Å²) in [6.45, 7) is 4.12. The van der Waals surface area contributed by atoms with E-state index in [4.69, 9.17) is 11.6 Å². The first kappa shape index (κ1) is 12.4. The molecule has 0 bridgehead atoms. The zero-order valence-electron chi connectivity index (χ0n) is 9.95. The summed E-state index contributed by atoms with van der Waals surface area (Å²) in [7, 11) is 0. The van der Waals surface area contributed by atoms with E-state index in [1.807, 2.05) is 29.2 Å². The zero-order chi connectivity index (χ0) is 12.3. The number of halogens is 1. The highest BCUT2D eigenvalue weighted by Gasteiger charge is 2.24. The molecule has 3 nitrogen and oxygen atoms in total. The maximum absolute atomic E-state index is 11.5. The number of nitrogens with one attached hydrogen (secondary N) is 1. The lowest BCUT2D eigenvalue weighted by atomic mass is 10.0. The Balaban J connectivity index is 2.11. The van der Waals surface area contributed by atoms with Gasteiger partial charge >= 0.3 is 0 Å². The van der Waals surface area contributed by atoms with Gasteiger partial charge in [0.15, 0.2) is 0 Å². The zero-order valence-corrected chi connectivity index (χ0v) is 10.7. The number of benzene rings is 1. The first-order valence-electron chi connectivity index (χ1n) is 5.90. The Morgan fingerprint density at radius 3 is 3.00 bits per heavy atom. The van der Waals surface area contributed by atoms with Crippen LogP contribution in [0.5, 0.6) is 0 Å². The largest absolute Gasteiger partial charge is 0.337 e. The van der Waals surface area contributed by atoms with Crippen LogP contribution in [0.1, 0.15) is 12.5 Å². The SMILES string of the molecule is CC(=O)N1CCNCC1Cc1ccccc1Cl. The van der Waals surface area contributed by atoms with E-state index in [1.54, 1.807) is 6.92 Å². The third-order valence-corrected chi connectivity index (χ3v) is 3.54. The third-order valence-electron chi connectivity index (χ3n) is 3.17. The van der Waals surface area contributed by atoms with Crippen LogP contribution in [-0.4, -0.2) is 36.5 Å². The van der Waals surface area contributed by atoms with E-state index < -0.39 is 0 Å². The highest BCUT2D eigenvalue weighted by Crippen LogP contribution is 2.19. The number of carbonyl (C=O) groups is 1. The molecule has 0 aromatic heterocycles. The Labute approximate surface area is 107 Å². The van der Waals surface area contributed by atoms with Crippen LogP contribution < -0.4 is 5.32 Å². The van der Waals surface area contributed by atoms with Crippen molar-refractivity contribution in [3.63, 3.8) is 0 Å². The van der Waals surface area contributed by atoms with Gasteiger partial charge in [0.1, 0.15) is 0 Å². The van der Waals surface area contributed by atoms with Gasteiger partial charge < -0.3 is 10.2 Å². The quantitative estimate of drug-likeness (QED) is 0.869. The fourth-order valence-corrected chi connectivity index (χ4v) is 2.49. The van der Waals surface area contributed by atoms with Gasteiger partial charge in [0, 0.05) is 37.6 Å². The van der Waals surface area contributed by atoms with Crippen molar-refractivity contribution in [2.45, 2.75) is 19.4 Å². The molecule has 92 valence electrons. The van der Waals surface area contributed by atoms with Crippen molar-refractivity contribution in [1.29, 1.82) is 0 Å². The molecule has 0 spiro atoms. The normalized spacial score (nSPS) is 20.4. The van der Waals surface area contributed by atoms with Crippen molar-refractivity contribution in [2.75, 3.05) is 19.6 Å². The monoisotopic (exact) mass is 252 g/mol. The minimum atomic E-state index is 0.142. The lowest BCUT2D eigenvalue weighted by Crippen LogP contribution is -2.53. The molecule has 1 amide bonds. The van der Waals surface area contributed by atoms with Crippen molar-refractivity contribution in [3.8, 4) is 0 Å². The van der Waals surface area contributed by atoms with Gasteiger partial charge in [0.25, 0.3) is 0 Å². The molecule has 0 radical (unpaired) electrons. The minimum absolute atomic E-state index is 0.142. The van der Waals surface area contributed by atoms with E-state index in [0.717, 1.165) is 36.6 Å². The average Bonchev–Trinajstić information content (AvgIpc) is 2.32. The molecule has 17 heavy (non-hydrogen) atoms. The number of carbonyl (C=O) groups excluding carboxylic acids is 1. The molecule has 1 aromatic carbocycles. The van der Waals surface area contributed by atoms with Crippen LogP contribution in [0.25, 0.3) is 0 Å². The number of amides is 1. The van der Waals surface area contributed by atoms with Gasteiger partial charge in [-0.1, -0.05) is 29.8 Å². The summed E-state index contributed by atoms with van der Waals surface area (Å²) in [4.78, 5) is 13.5. The molecule has 1 unspecified atom stereocenters. The minimum Gasteiger partial charge on any atom is -0.337 e. The van der Waals surface area contributed by atoms with Crippen LogP contribution in [-0.2, 0) is 11.2 Å². The Morgan fingerprint density at radius 1 is 1.53 bits per heavy atom. The molecule has 1 atom stereocenters. The molecule has 1 fully saturated rings. The number of hydrogen-bond acceptors (Lipinski definition) is 2. The highest BCUT2D eigenvalue weighted by molar-refractivity contribution is 6.31. The molecule has 2 rings (SSSR count). The van der Waals surface area contributed by atoms with E-state index >= 15 is 0 Å². The van der Waals surface area contributed by atoms with Gasteiger partial charge in [-0.15, -0.1) is 0 Å². The first-order chi connectivity index (χ1) is 8.18. The van der Waals surface area contributed by atoms with E-state index in [2.05, 4.69) is 5.32 Å². The summed E-state index contributed by atoms with van der Waals surface area (Å²) < 4.78 is 0. The number of hydrogen-bond donors (Lipinski definition) is 1. The van der Waals surface area contributed by atoms with E-state index in [1.165, 1.54) is 0 Å². The molecule has 1 aliphatic rings. The number of piperazine rings is 1. The van der Waals surface area contributed by atoms with Gasteiger partial charge in [-0.25, -0.2) is 0 Å². The smallest absolute Gasteiger partial charge is 0.219 e. The first-order valence-corrected chi connectivity index (χ1v) is 6.27. The predicted molar refractivity (Wildman–Crippen MR) is 69.2 cm³/mol. The van der Waals surface area contributed by atoms with Crippen LogP contribution in [0, 0.1) is 0 Å². The number of rotatable bonds is 2. The summed E-state index contributed by atoms with van der Waals surface area (Å²) in [6, 6.07) is 8.03. The van der Waals surface area contributed by atoms with E-state index in [-0.39, 0.29) is 11.9 Å². The topological polar surface area (TPSA) is 32.3 Å². The van der Waals surface area contributed by atoms with Crippen molar-refractivity contribution < 1.29 is 4.79 Å². The Kier molecular flexibility index (Phi) is 4.02. The lowest BCUT2D eigenvalue weighted by molar-refractivity contribution is -0.131. The molecule has 1 aliphatic heterocycles. The summed E-state index contributed by atoms with van der Waals surface area (Å²) in [5.41, 5.74) is 1.11. The second-order valence-electron chi connectivity index (χ2n) is 4.37. The average molecular weight is 253 g/mol. The molecule has 1 saturated heterocycles. The molecule has 4 heteroatoms. The van der Waals surface area contributed by atoms with Crippen LogP contribution in [0.2, 0.25) is 5.02 Å². The number of nitrogens with zero attached hydrogens (tertiary/aromatic N) is 1. The molecular weight excluding hydrogens is 236 g/mol. The Hall–Kier alpha value is -1.06. The van der Waals surface area contributed by atoms with Crippen LogP contribution in [0.15, 0.2) is 24.3 Å². The summed E-state index contributed by atoms with van der Waals surface area (Å²) in [5.74, 6) is 0.142. The maximum atomic E-state index is 11.5. The molecule has 1 heterocycles. The van der Waals surface area contributed by atoms with Gasteiger partial charge in [-0.2, -0.15) is 0 Å². The fourth-order valence-electron chi connectivity index (χ4n) is 2.28. The molecule has 0 aliphatic carbocycles. The molecule has 1 N–H and O–H groups in total. The summed E-state index contributed by atoms with van der Waals surface area (Å²) in [5, 5.41) is 4.10. The van der Waals surface area contributed by atoms with Crippen molar-refractivity contribution in [2.24, 2.45) is 0 Å².